The van der Waals surface area contributed by atoms with Gasteiger partial charge in [0.2, 0.25) is 5.78 Å². The van der Waals surface area contributed by atoms with Gasteiger partial charge in [-0.15, -0.1) is 0 Å². The molecule has 0 amide bonds. The van der Waals surface area contributed by atoms with Crippen LogP contribution in [0.25, 0.3) is 0 Å². The number of carbonyl (C=O) groups is 2. The van der Waals surface area contributed by atoms with E-state index in [1.807, 2.05) is 0 Å². The van der Waals surface area contributed by atoms with Gasteiger partial charge < -0.3 is 9.67 Å². The Kier molecular flexibility index (Phi) is 3.51. The normalized spacial score (nSPS) is 16.8. The number of benzene rings is 1. The summed E-state index contributed by atoms with van der Waals surface area (Å²) in [4.78, 5) is 23.8. The Labute approximate surface area is 130 Å². The van der Waals surface area contributed by atoms with Crippen molar-refractivity contribution in [3.8, 4) is 0 Å². The first-order valence-corrected chi connectivity index (χ1v) is 7.16. The van der Waals surface area contributed by atoms with Crippen LogP contribution in [0.15, 0.2) is 30.3 Å². The van der Waals surface area contributed by atoms with Gasteiger partial charge in [0.25, 0.3) is 0 Å². The number of aliphatic carboxylic acids is 1. The number of hydrogen-bond donors (Lipinski definition) is 1. The second-order valence-electron chi connectivity index (χ2n) is 4.93. The fourth-order valence-corrected chi connectivity index (χ4v) is 3.20. The highest BCUT2D eigenvalue weighted by Crippen LogP contribution is 2.32. The molecule has 0 saturated carbocycles. The highest BCUT2D eigenvalue weighted by molar-refractivity contribution is 6.37. The Balaban J connectivity index is 2.01. The number of rotatable bonds is 3. The molecule has 2 aromatic rings. The molecule has 1 atom stereocenters. The van der Waals surface area contributed by atoms with Crippen LogP contribution in [0, 0.1) is 0 Å². The number of carbonyl (C=O) groups excluding carboxylic acids is 1. The van der Waals surface area contributed by atoms with Crippen molar-refractivity contribution in [1.29, 1.82) is 0 Å². The lowest BCUT2D eigenvalue weighted by Gasteiger charge is -2.07. The lowest BCUT2D eigenvalue weighted by Crippen LogP contribution is -2.10. The molecule has 1 aliphatic heterocycles. The van der Waals surface area contributed by atoms with Crippen LogP contribution < -0.4 is 0 Å². The molecule has 0 saturated heterocycles. The van der Waals surface area contributed by atoms with Gasteiger partial charge in [-0.05, 0) is 36.8 Å². The predicted molar refractivity (Wildman–Crippen MR) is 79.3 cm³/mol. The number of hydrogen-bond acceptors (Lipinski definition) is 2. The van der Waals surface area contributed by atoms with Gasteiger partial charge in [-0.2, -0.15) is 0 Å². The molecule has 0 bridgehead atoms. The molecule has 21 heavy (non-hydrogen) atoms. The zero-order chi connectivity index (χ0) is 15.1. The number of ketones is 1. The van der Waals surface area contributed by atoms with E-state index in [4.69, 9.17) is 28.3 Å². The summed E-state index contributed by atoms with van der Waals surface area (Å²) in [5, 5.41) is 9.91. The van der Waals surface area contributed by atoms with Gasteiger partial charge in [-0.25, -0.2) is 0 Å². The summed E-state index contributed by atoms with van der Waals surface area (Å²) in [6, 6.07) is 8.05. The van der Waals surface area contributed by atoms with Gasteiger partial charge in [0.15, 0.2) is 0 Å². The van der Waals surface area contributed by atoms with Crippen molar-refractivity contribution in [2.75, 3.05) is 0 Å². The summed E-state index contributed by atoms with van der Waals surface area (Å²) >= 11 is 11.9. The van der Waals surface area contributed by atoms with E-state index in [1.54, 1.807) is 28.8 Å². The van der Waals surface area contributed by atoms with E-state index >= 15 is 0 Å². The number of carboxylic acids is 1. The van der Waals surface area contributed by atoms with Crippen LogP contribution in [-0.2, 0) is 11.3 Å². The standard InChI is InChI=1S/C15H11Cl2NO3/c16-8-1-2-9(11(17)7-8)14(19)13-4-3-12-10(15(20)21)5-6-18(12)13/h1-4,7,10H,5-6H2,(H,20,21). The third-order valence-electron chi connectivity index (χ3n) is 3.72. The third-order valence-corrected chi connectivity index (χ3v) is 4.27. The van der Waals surface area contributed by atoms with Crippen molar-refractivity contribution in [3.05, 3.63) is 57.3 Å². The summed E-state index contributed by atoms with van der Waals surface area (Å²) in [6.45, 7) is 0.519. The molecule has 108 valence electrons. The van der Waals surface area contributed by atoms with Crippen molar-refractivity contribution in [3.63, 3.8) is 0 Å². The van der Waals surface area contributed by atoms with E-state index in [-0.39, 0.29) is 10.8 Å². The molecule has 1 aliphatic rings. The van der Waals surface area contributed by atoms with E-state index in [9.17, 15) is 9.59 Å². The number of nitrogens with zero attached hydrogens (tertiary/aromatic N) is 1. The van der Waals surface area contributed by atoms with Gasteiger partial charge >= 0.3 is 5.97 Å². The van der Waals surface area contributed by atoms with Crippen LogP contribution in [0.3, 0.4) is 0 Å². The molecule has 0 radical (unpaired) electrons. The molecular formula is C15H11Cl2NO3. The minimum Gasteiger partial charge on any atom is -0.481 e. The lowest BCUT2D eigenvalue weighted by atomic mass is 10.1. The topological polar surface area (TPSA) is 59.3 Å². The quantitative estimate of drug-likeness (QED) is 0.878. The van der Waals surface area contributed by atoms with Crippen LogP contribution in [-0.4, -0.2) is 21.4 Å². The van der Waals surface area contributed by atoms with Crippen molar-refractivity contribution < 1.29 is 14.7 Å². The molecule has 1 N–H and O–H groups in total. The first kappa shape index (κ1) is 14.2. The number of aromatic nitrogens is 1. The molecule has 0 aliphatic carbocycles. The Morgan fingerprint density at radius 3 is 2.62 bits per heavy atom. The minimum absolute atomic E-state index is 0.228. The zero-order valence-corrected chi connectivity index (χ0v) is 12.4. The monoisotopic (exact) mass is 323 g/mol. The van der Waals surface area contributed by atoms with Crippen LogP contribution in [0.4, 0.5) is 0 Å². The van der Waals surface area contributed by atoms with Crippen molar-refractivity contribution >= 4 is 35.0 Å². The van der Waals surface area contributed by atoms with Gasteiger partial charge in [-0.3, -0.25) is 9.59 Å². The summed E-state index contributed by atoms with van der Waals surface area (Å²) in [7, 11) is 0. The van der Waals surface area contributed by atoms with Gasteiger partial charge in [0, 0.05) is 22.8 Å². The van der Waals surface area contributed by atoms with Gasteiger partial charge in [-0.1, -0.05) is 23.2 Å². The van der Waals surface area contributed by atoms with E-state index in [1.165, 1.54) is 6.07 Å². The number of carboxylic acid groups (broad SMARTS) is 1. The van der Waals surface area contributed by atoms with Gasteiger partial charge in [0.1, 0.15) is 0 Å². The fraction of sp³-hybridized carbons (Fsp3) is 0.200. The lowest BCUT2D eigenvalue weighted by molar-refractivity contribution is -0.138. The number of fused-ring (bicyclic) bond motifs is 1. The maximum absolute atomic E-state index is 12.6. The second kappa shape index (κ2) is 5.20. The SMILES string of the molecule is O=C(c1ccc(Cl)cc1Cl)c1ccc2n1CCC2C(=O)O. The Hall–Kier alpha value is -1.78. The molecule has 0 fully saturated rings. The zero-order valence-electron chi connectivity index (χ0n) is 10.8. The highest BCUT2D eigenvalue weighted by Gasteiger charge is 2.31. The molecule has 1 unspecified atom stereocenters. The average Bonchev–Trinajstić information content (AvgIpc) is 2.98. The fourth-order valence-electron chi connectivity index (χ4n) is 2.70. The van der Waals surface area contributed by atoms with Crippen LogP contribution >= 0.6 is 23.2 Å². The highest BCUT2D eigenvalue weighted by atomic mass is 35.5. The molecular weight excluding hydrogens is 313 g/mol. The summed E-state index contributed by atoms with van der Waals surface area (Å²) in [5.41, 5.74) is 1.48. The smallest absolute Gasteiger partial charge is 0.312 e. The van der Waals surface area contributed by atoms with E-state index in [0.29, 0.717) is 34.9 Å². The Morgan fingerprint density at radius 1 is 1.19 bits per heavy atom. The van der Waals surface area contributed by atoms with Crippen molar-refractivity contribution in [2.45, 2.75) is 18.9 Å². The first-order valence-electron chi connectivity index (χ1n) is 6.41. The predicted octanol–water partition coefficient (Wildman–Crippen LogP) is 3.60. The molecule has 6 heteroatoms. The second-order valence-corrected chi connectivity index (χ2v) is 5.77. The van der Waals surface area contributed by atoms with Crippen molar-refractivity contribution in [2.24, 2.45) is 0 Å². The number of halogens is 2. The molecule has 3 rings (SSSR count). The maximum atomic E-state index is 12.6. The largest absolute Gasteiger partial charge is 0.481 e. The van der Waals surface area contributed by atoms with Crippen LogP contribution in [0.5, 0.6) is 0 Å². The molecule has 1 aromatic heterocycles. The van der Waals surface area contributed by atoms with E-state index < -0.39 is 11.9 Å². The van der Waals surface area contributed by atoms with Crippen LogP contribution in [0.2, 0.25) is 10.0 Å². The molecule has 2 heterocycles. The Bertz CT molecular complexity index is 751. The molecule has 0 spiro atoms. The molecule has 4 nitrogen and oxygen atoms in total. The molecule has 1 aromatic carbocycles. The van der Waals surface area contributed by atoms with E-state index in [0.717, 1.165) is 0 Å². The Morgan fingerprint density at radius 2 is 1.95 bits per heavy atom. The summed E-state index contributed by atoms with van der Waals surface area (Å²) < 4.78 is 1.76. The minimum atomic E-state index is -0.865. The van der Waals surface area contributed by atoms with Crippen LogP contribution in [0.1, 0.15) is 34.1 Å². The van der Waals surface area contributed by atoms with E-state index in [2.05, 4.69) is 0 Å². The summed E-state index contributed by atoms with van der Waals surface area (Å²) in [6.07, 6.45) is 0.500. The first-order chi connectivity index (χ1) is 9.99. The summed E-state index contributed by atoms with van der Waals surface area (Å²) in [5.74, 6) is -1.64. The third kappa shape index (κ3) is 2.34. The van der Waals surface area contributed by atoms with Crippen molar-refractivity contribution in [1.82, 2.24) is 4.57 Å². The maximum Gasteiger partial charge on any atom is 0.312 e. The average molecular weight is 324 g/mol. The van der Waals surface area contributed by atoms with Gasteiger partial charge in [0.05, 0.1) is 16.6 Å².